The summed E-state index contributed by atoms with van der Waals surface area (Å²) >= 11 is 0. The summed E-state index contributed by atoms with van der Waals surface area (Å²) in [4.78, 5) is 22.8. The lowest BCUT2D eigenvalue weighted by Crippen LogP contribution is -2.07. The molecule has 5 heterocycles. The van der Waals surface area contributed by atoms with Crippen molar-refractivity contribution in [2.45, 2.75) is 146 Å². The molecule has 0 aliphatic heterocycles. The van der Waals surface area contributed by atoms with Gasteiger partial charge in [0, 0.05) is 56.9 Å². The van der Waals surface area contributed by atoms with Crippen LogP contribution in [-0.4, -0.2) is 81.0 Å². The summed E-state index contributed by atoms with van der Waals surface area (Å²) in [5, 5.41) is 52.5. The number of para-hydroxylation sites is 5. The minimum absolute atomic E-state index is 0.154. The molecule has 5 aromatic heterocycles. The average molecular weight is 1210 g/mol. The van der Waals surface area contributed by atoms with Gasteiger partial charge in [-0.05, 0) is 181 Å². The minimum Gasteiger partial charge on any atom is -0.393 e. The molecule has 10 nitrogen and oxygen atoms in total. The molecule has 0 amide bonds. The van der Waals surface area contributed by atoms with Crippen molar-refractivity contribution in [3.63, 3.8) is 0 Å². The van der Waals surface area contributed by atoms with Crippen LogP contribution in [0.4, 0.5) is 0 Å². The standard InChI is InChI=1S/C17H17NO.3C16H17NO.C16H15NO/c19-17(14-9-10-14)8-4-2-6-15-12-11-13-5-1-3-7-16(13)18-15;4*1-2-15(18)9-5-4-8-14-12-11-13-7-3-6-10-16(13)17-14/h1,3,5,7,11-12,14,17,19H,4,8-10H2;3*1,3,6-7,10-12,15,18H,4-5,8-9H2;2-3,6-7,10-12,15,18H,1,5,9H2. The van der Waals surface area contributed by atoms with E-state index in [0.717, 1.165) is 137 Å². The van der Waals surface area contributed by atoms with E-state index in [1.807, 2.05) is 127 Å². The van der Waals surface area contributed by atoms with Crippen molar-refractivity contribution in [2.24, 2.45) is 5.92 Å². The monoisotopic (exact) mass is 1210 g/mol. The highest BCUT2D eigenvalue weighted by molar-refractivity contribution is 5.81. The van der Waals surface area contributed by atoms with Crippen molar-refractivity contribution in [3.8, 4) is 60.7 Å². The van der Waals surface area contributed by atoms with Gasteiger partial charge in [0.2, 0.25) is 0 Å². The number of hydrogen-bond acceptors (Lipinski definition) is 10. The first kappa shape index (κ1) is 69.0. The van der Waals surface area contributed by atoms with E-state index in [1.165, 1.54) is 35.1 Å². The minimum atomic E-state index is -0.602. The van der Waals surface area contributed by atoms with Gasteiger partial charge in [0.15, 0.2) is 0 Å². The van der Waals surface area contributed by atoms with Crippen LogP contribution in [0.5, 0.6) is 0 Å². The highest BCUT2D eigenvalue weighted by Crippen LogP contribution is 2.34. The number of nitrogens with zero attached hydrogens (tertiary/aromatic N) is 5. The third kappa shape index (κ3) is 25.1. The predicted molar refractivity (Wildman–Crippen MR) is 373 cm³/mol. The van der Waals surface area contributed by atoms with Gasteiger partial charge in [0.05, 0.1) is 39.8 Å². The second-order valence-electron chi connectivity index (χ2n) is 22.4. The van der Waals surface area contributed by atoms with Crippen LogP contribution in [-0.2, 0) is 19.3 Å². The fourth-order valence-electron chi connectivity index (χ4n) is 9.78. The number of aliphatic hydroxyl groups is 5. The van der Waals surface area contributed by atoms with Gasteiger partial charge in [0.25, 0.3) is 0 Å². The Balaban J connectivity index is 0.000000162. The van der Waals surface area contributed by atoms with Crippen LogP contribution in [0.15, 0.2) is 195 Å². The molecule has 10 heteroatoms. The first-order chi connectivity index (χ1) is 44.5. The van der Waals surface area contributed by atoms with Crippen molar-refractivity contribution in [1.82, 2.24) is 24.9 Å². The van der Waals surface area contributed by atoms with Gasteiger partial charge in [-0.25, -0.2) is 9.97 Å². The number of rotatable bonds is 21. The Kier molecular flexibility index (Phi) is 29.4. The van der Waals surface area contributed by atoms with E-state index in [2.05, 4.69) is 128 Å². The number of aryl methyl sites for hydroxylation is 3. The van der Waals surface area contributed by atoms with Gasteiger partial charge >= 0.3 is 0 Å². The molecule has 0 saturated heterocycles. The zero-order chi connectivity index (χ0) is 64.3. The highest BCUT2D eigenvalue weighted by atomic mass is 16.3. The first-order valence-electron chi connectivity index (χ1n) is 31.6. The summed E-state index contributed by atoms with van der Waals surface area (Å²) in [5.74, 6) is 19.7. The summed E-state index contributed by atoms with van der Waals surface area (Å²) in [5.41, 5.74) is 9.93. The number of terminal acetylenes is 3. The van der Waals surface area contributed by atoms with Crippen LogP contribution >= 0.6 is 0 Å². The molecule has 11 rings (SSSR count). The first-order valence-corrected chi connectivity index (χ1v) is 31.6. The molecule has 0 spiro atoms. The second-order valence-corrected chi connectivity index (χ2v) is 22.4. The van der Waals surface area contributed by atoms with Crippen LogP contribution in [0.3, 0.4) is 0 Å². The van der Waals surface area contributed by atoms with E-state index in [9.17, 15) is 25.5 Å². The van der Waals surface area contributed by atoms with Crippen LogP contribution in [0.2, 0.25) is 0 Å². The molecule has 1 aliphatic rings. The summed E-state index contributed by atoms with van der Waals surface area (Å²) in [6.07, 6.45) is 30.2. The lowest BCUT2D eigenvalue weighted by atomic mass is 10.1. The Morgan fingerprint density at radius 3 is 1.01 bits per heavy atom. The smallest absolute Gasteiger partial charge is 0.114 e. The molecular formula is C81H83N5O5. The molecule has 1 fully saturated rings. The number of aromatic nitrogens is 5. The Morgan fingerprint density at radius 2 is 0.692 bits per heavy atom. The average Bonchev–Trinajstić information content (AvgIpc) is 4.29. The Labute approximate surface area is 538 Å². The summed E-state index contributed by atoms with van der Waals surface area (Å²) in [6, 6.07) is 60.8. The zero-order valence-electron chi connectivity index (χ0n) is 52.0. The molecule has 1 aliphatic carbocycles. The summed E-state index contributed by atoms with van der Waals surface area (Å²) in [6.45, 7) is 3.52. The van der Waals surface area contributed by atoms with Crippen LogP contribution in [0.25, 0.3) is 54.5 Å². The quantitative estimate of drug-likeness (QED) is 0.0266. The number of aliphatic hydroxyl groups excluding tert-OH is 5. The number of benzene rings is 5. The van der Waals surface area contributed by atoms with E-state index in [4.69, 9.17) is 19.3 Å². The van der Waals surface area contributed by atoms with E-state index in [0.29, 0.717) is 38.0 Å². The number of unbranched alkanes of at least 4 members (excludes halogenated alkanes) is 3. The predicted octanol–water partition coefficient (Wildman–Crippen LogP) is 14.9. The maximum absolute atomic E-state index is 9.74. The van der Waals surface area contributed by atoms with Crippen molar-refractivity contribution >= 4 is 54.5 Å². The third-order valence-electron chi connectivity index (χ3n) is 15.2. The second kappa shape index (κ2) is 38.8. The largest absolute Gasteiger partial charge is 0.393 e. The molecule has 462 valence electrons. The number of pyridine rings is 5. The molecular weight excluding hydrogens is 1120 g/mol. The Hall–Kier alpha value is -9.51. The molecule has 10 aromatic rings. The molecule has 0 bridgehead atoms. The normalized spacial score (nSPS) is 12.9. The highest BCUT2D eigenvalue weighted by Gasteiger charge is 2.28. The number of hydrogen-bond donors (Lipinski definition) is 5. The molecule has 5 unspecified atom stereocenters. The van der Waals surface area contributed by atoms with E-state index in [1.54, 1.807) is 0 Å². The Bertz CT molecular complexity index is 3910. The van der Waals surface area contributed by atoms with Gasteiger partial charge < -0.3 is 25.5 Å². The molecule has 5 atom stereocenters. The molecule has 91 heavy (non-hydrogen) atoms. The van der Waals surface area contributed by atoms with Crippen LogP contribution < -0.4 is 0 Å². The van der Waals surface area contributed by atoms with Crippen molar-refractivity contribution in [3.05, 3.63) is 223 Å². The Morgan fingerprint density at radius 1 is 0.385 bits per heavy atom. The molecule has 0 radical (unpaired) electrons. The lowest BCUT2D eigenvalue weighted by molar-refractivity contribution is 0.143. The topological polar surface area (TPSA) is 166 Å². The van der Waals surface area contributed by atoms with E-state index < -0.39 is 24.4 Å². The molecule has 5 aromatic carbocycles. The summed E-state index contributed by atoms with van der Waals surface area (Å²) < 4.78 is 0. The zero-order valence-corrected chi connectivity index (χ0v) is 52.0. The van der Waals surface area contributed by atoms with Gasteiger partial charge in [-0.3, -0.25) is 15.0 Å². The fraction of sp³-hybridized carbons (Fsp3) is 0.296. The van der Waals surface area contributed by atoms with Crippen molar-refractivity contribution in [1.29, 1.82) is 0 Å². The van der Waals surface area contributed by atoms with E-state index >= 15 is 0 Å². The molecule has 5 N–H and O–H groups in total. The van der Waals surface area contributed by atoms with Crippen molar-refractivity contribution < 1.29 is 25.5 Å². The maximum atomic E-state index is 9.74. The SMILES string of the molecule is C#CC(O)CCCCc1ccc2ccccc2n1.C#CC(O)CCCCc1ccc2ccccc2n1.C#CC(O)CCCCc1ccc2ccccc2n1.C=CC(O)CCC#Cc1ccc2ccccc2n1.OC(CCC#Cc1ccc2ccccc2n1)C1CC1. The van der Waals surface area contributed by atoms with Crippen LogP contribution in [0, 0.1) is 66.6 Å². The lowest BCUT2D eigenvalue weighted by Gasteiger charge is -2.04. The van der Waals surface area contributed by atoms with Crippen LogP contribution in [0.1, 0.15) is 125 Å². The third-order valence-corrected chi connectivity index (χ3v) is 15.2. The van der Waals surface area contributed by atoms with Gasteiger partial charge in [-0.2, -0.15) is 0 Å². The fourth-order valence-corrected chi connectivity index (χ4v) is 9.78. The maximum Gasteiger partial charge on any atom is 0.114 e. The molecule has 1 saturated carbocycles. The van der Waals surface area contributed by atoms with Gasteiger partial charge in [0.1, 0.15) is 29.7 Å². The van der Waals surface area contributed by atoms with Gasteiger partial charge in [-0.15, -0.1) is 25.8 Å². The van der Waals surface area contributed by atoms with Crippen molar-refractivity contribution in [2.75, 3.05) is 0 Å². The van der Waals surface area contributed by atoms with Gasteiger partial charge in [-0.1, -0.05) is 157 Å². The van der Waals surface area contributed by atoms with E-state index in [-0.39, 0.29) is 6.10 Å². The summed E-state index contributed by atoms with van der Waals surface area (Å²) in [7, 11) is 0. The number of fused-ring (bicyclic) bond motifs is 5.